The summed E-state index contributed by atoms with van der Waals surface area (Å²) in [5.41, 5.74) is 2.14. The molecule has 0 radical (unpaired) electrons. The fourth-order valence-corrected chi connectivity index (χ4v) is 4.84. The Labute approximate surface area is 141 Å². The summed E-state index contributed by atoms with van der Waals surface area (Å²) < 4.78 is 6.57. The lowest BCUT2D eigenvalue weighted by Crippen LogP contribution is -2.45. The molecule has 2 aliphatic carbocycles. The summed E-state index contributed by atoms with van der Waals surface area (Å²) in [7, 11) is -1.83. The van der Waals surface area contributed by atoms with E-state index < -0.39 is 14.4 Å². The average molecular weight is 331 g/mol. The van der Waals surface area contributed by atoms with Gasteiger partial charge in [0.25, 0.3) is 0 Å². The topological polar surface area (TPSA) is 29.5 Å². The van der Waals surface area contributed by atoms with Crippen molar-refractivity contribution in [1.82, 2.24) is 0 Å². The summed E-state index contributed by atoms with van der Waals surface area (Å²) in [5, 5.41) is 11.3. The van der Waals surface area contributed by atoms with Gasteiger partial charge in [-0.05, 0) is 48.0 Å². The number of benzene rings is 1. The van der Waals surface area contributed by atoms with Crippen molar-refractivity contribution in [2.75, 3.05) is 6.61 Å². The summed E-state index contributed by atoms with van der Waals surface area (Å²) in [6, 6.07) is 8.40. The van der Waals surface area contributed by atoms with Gasteiger partial charge in [-0.2, -0.15) is 0 Å². The zero-order valence-electron chi connectivity index (χ0n) is 15.1. The second-order valence-electron chi connectivity index (χ2n) is 8.73. The summed E-state index contributed by atoms with van der Waals surface area (Å²) in [6.45, 7) is 12.0. The Morgan fingerprint density at radius 2 is 1.87 bits per heavy atom. The van der Waals surface area contributed by atoms with E-state index in [0.29, 0.717) is 12.5 Å². The normalized spacial score (nSPS) is 30.2. The summed E-state index contributed by atoms with van der Waals surface area (Å²) >= 11 is 0. The molecule has 1 aromatic carbocycles. The molecule has 126 valence electrons. The van der Waals surface area contributed by atoms with Gasteiger partial charge in [-0.15, -0.1) is 0 Å². The Bertz CT molecular complexity index is 614. The summed E-state index contributed by atoms with van der Waals surface area (Å²) in [5.74, 6) is 0.378. The molecule has 3 rings (SSSR count). The average Bonchev–Trinajstić information content (AvgIpc) is 2.75. The monoisotopic (exact) mass is 330 g/mol. The van der Waals surface area contributed by atoms with E-state index in [4.69, 9.17) is 4.43 Å². The van der Waals surface area contributed by atoms with Crippen LogP contribution in [0.25, 0.3) is 0 Å². The molecule has 3 atom stereocenters. The van der Waals surface area contributed by atoms with E-state index >= 15 is 0 Å². The first-order chi connectivity index (χ1) is 10.7. The quantitative estimate of drug-likeness (QED) is 0.611. The van der Waals surface area contributed by atoms with Gasteiger partial charge in [0.15, 0.2) is 8.32 Å². The van der Waals surface area contributed by atoms with Gasteiger partial charge in [0, 0.05) is 12.0 Å². The van der Waals surface area contributed by atoms with E-state index in [1.807, 2.05) is 6.07 Å². The second-order valence-corrected chi connectivity index (χ2v) is 13.5. The van der Waals surface area contributed by atoms with Crippen molar-refractivity contribution in [3.8, 4) is 0 Å². The number of allylic oxidation sites excluding steroid dienone is 1. The Kier molecular flexibility index (Phi) is 4.10. The van der Waals surface area contributed by atoms with Crippen LogP contribution in [-0.2, 0) is 4.43 Å². The maximum absolute atomic E-state index is 11.1. The standard InChI is InChI=1S/C20H30O2Si/c1-19(2,3)23(4,5)22-14-20-13-9-8-12-17(20)15-10-6-7-11-16(15)18(20)21/h6-7,9-11,13,17-18,21H,8,12,14H2,1-5H3/t17-,18-,20+/m1/s1. The Balaban J connectivity index is 1.93. The molecule has 23 heavy (non-hydrogen) atoms. The first-order valence-corrected chi connectivity index (χ1v) is 11.7. The molecule has 1 N–H and O–H groups in total. The zero-order valence-corrected chi connectivity index (χ0v) is 16.1. The van der Waals surface area contributed by atoms with Crippen molar-refractivity contribution in [3.05, 3.63) is 47.5 Å². The van der Waals surface area contributed by atoms with Crippen molar-refractivity contribution in [2.45, 2.75) is 63.8 Å². The minimum atomic E-state index is -1.83. The van der Waals surface area contributed by atoms with Gasteiger partial charge in [0.1, 0.15) is 0 Å². The molecule has 1 aromatic rings. The molecule has 0 heterocycles. The highest BCUT2D eigenvalue weighted by molar-refractivity contribution is 6.74. The lowest BCUT2D eigenvalue weighted by atomic mass is 9.70. The van der Waals surface area contributed by atoms with Crippen molar-refractivity contribution in [3.63, 3.8) is 0 Å². The van der Waals surface area contributed by atoms with Crippen LogP contribution < -0.4 is 0 Å². The van der Waals surface area contributed by atoms with E-state index in [0.717, 1.165) is 18.4 Å². The number of rotatable bonds is 3. The highest BCUT2D eigenvalue weighted by atomic mass is 28.4. The molecule has 0 bridgehead atoms. The number of aliphatic hydroxyl groups excluding tert-OH is 1. The highest BCUT2D eigenvalue weighted by Gasteiger charge is 2.53. The van der Waals surface area contributed by atoms with Crippen LogP contribution in [0.1, 0.15) is 56.8 Å². The zero-order chi connectivity index (χ0) is 16.9. The minimum absolute atomic E-state index is 0.188. The third-order valence-electron chi connectivity index (χ3n) is 6.36. The maximum atomic E-state index is 11.1. The lowest BCUT2D eigenvalue weighted by molar-refractivity contribution is 0.0114. The molecule has 0 amide bonds. The van der Waals surface area contributed by atoms with E-state index in [1.54, 1.807) is 0 Å². The number of aliphatic hydroxyl groups is 1. The van der Waals surface area contributed by atoms with Gasteiger partial charge in [0.05, 0.1) is 6.10 Å². The molecule has 2 nitrogen and oxygen atoms in total. The smallest absolute Gasteiger partial charge is 0.192 e. The Morgan fingerprint density at radius 1 is 1.22 bits per heavy atom. The summed E-state index contributed by atoms with van der Waals surface area (Å²) in [4.78, 5) is 0. The predicted octanol–water partition coefficient (Wildman–Crippen LogP) is 5.18. The van der Waals surface area contributed by atoms with Crippen LogP contribution in [0.4, 0.5) is 0 Å². The lowest BCUT2D eigenvalue weighted by Gasteiger charge is -2.43. The van der Waals surface area contributed by atoms with Crippen LogP contribution in [-0.4, -0.2) is 20.0 Å². The Morgan fingerprint density at radius 3 is 2.52 bits per heavy atom. The molecular formula is C20H30O2Si. The van der Waals surface area contributed by atoms with Gasteiger partial charge in [0.2, 0.25) is 0 Å². The fourth-order valence-electron chi connectivity index (χ4n) is 3.79. The number of hydrogen-bond acceptors (Lipinski definition) is 2. The first-order valence-electron chi connectivity index (χ1n) is 8.78. The maximum Gasteiger partial charge on any atom is 0.192 e. The van der Waals surface area contributed by atoms with Gasteiger partial charge in [-0.1, -0.05) is 57.2 Å². The fraction of sp³-hybridized carbons (Fsp3) is 0.600. The minimum Gasteiger partial charge on any atom is -0.416 e. The van der Waals surface area contributed by atoms with Crippen LogP contribution in [0.5, 0.6) is 0 Å². The molecule has 0 aromatic heterocycles. The van der Waals surface area contributed by atoms with Gasteiger partial charge >= 0.3 is 0 Å². The van der Waals surface area contributed by atoms with Crippen LogP contribution in [0.15, 0.2) is 36.4 Å². The van der Waals surface area contributed by atoms with Gasteiger partial charge in [-0.3, -0.25) is 0 Å². The third-order valence-corrected chi connectivity index (χ3v) is 10.8. The van der Waals surface area contributed by atoms with Gasteiger partial charge in [-0.25, -0.2) is 0 Å². The number of fused-ring (bicyclic) bond motifs is 3. The molecule has 2 aliphatic rings. The highest BCUT2D eigenvalue weighted by Crippen LogP contribution is 2.59. The molecular weight excluding hydrogens is 300 g/mol. The molecule has 0 spiro atoms. The van der Waals surface area contributed by atoms with E-state index in [-0.39, 0.29) is 10.5 Å². The van der Waals surface area contributed by atoms with Crippen LogP contribution in [0, 0.1) is 5.41 Å². The first kappa shape index (κ1) is 16.9. The molecule has 0 saturated carbocycles. The second kappa shape index (κ2) is 5.57. The van der Waals surface area contributed by atoms with Crippen molar-refractivity contribution in [1.29, 1.82) is 0 Å². The van der Waals surface area contributed by atoms with Crippen LogP contribution in [0.2, 0.25) is 18.1 Å². The molecule has 0 aliphatic heterocycles. The van der Waals surface area contributed by atoms with Gasteiger partial charge < -0.3 is 9.53 Å². The molecule has 0 unspecified atom stereocenters. The SMILES string of the molecule is CC(C)(C)[Si](C)(C)OC[C@@]12C=CCC[C@@H]1c1ccccc1[C@H]2O. The van der Waals surface area contributed by atoms with Crippen LogP contribution in [0.3, 0.4) is 0 Å². The van der Waals surface area contributed by atoms with Crippen molar-refractivity contribution in [2.24, 2.45) is 5.41 Å². The van der Waals surface area contributed by atoms with E-state index in [2.05, 4.69) is 64.2 Å². The number of hydrogen-bond donors (Lipinski definition) is 1. The third kappa shape index (κ3) is 2.63. The summed E-state index contributed by atoms with van der Waals surface area (Å²) in [6.07, 6.45) is 6.23. The van der Waals surface area contributed by atoms with Crippen LogP contribution >= 0.6 is 0 Å². The largest absolute Gasteiger partial charge is 0.416 e. The van der Waals surface area contributed by atoms with Crippen molar-refractivity contribution < 1.29 is 9.53 Å². The predicted molar refractivity (Wildman–Crippen MR) is 98.1 cm³/mol. The Hall–Kier alpha value is -0.903. The molecule has 0 fully saturated rings. The van der Waals surface area contributed by atoms with E-state index in [9.17, 15) is 5.11 Å². The molecule has 3 heteroatoms. The molecule has 0 saturated heterocycles. The van der Waals surface area contributed by atoms with Crippen molar-refractivity contribution >= 4 is 8.32 Å². The van der Waals surface area contributed by atoms with E-state index in [1.165, 1.54) is 5.56 Å².